The van der Waals surface area contributed by atoms with Crippen molar-refractivity contribution in [2.45, 2.75) is 0 Å². The van der Waals surface area contributed by atoms with Gasteiger partial charge in [0.25, 0.3) is 0 Å². The molecule has 0 saturated carbocycles. The van der Waals surface area contributed by atoms with Crippen molar-refractivity contribution in [3.05, 3.63) is 140 Å². The van der Waals surface area contributed by atoms with Gasteiger partial charge in [-0.15, -0.1) is 11.3 Å². The van der Waals surface area contributed by atoms with E-state index in [2.05, 4.69) is 149 Å². The summed E-state index contributed by atoms with van der Waals surface area (Å²) < 4.78 is 3.81. The Morgan fingerprint density at radius 3 is 1.82 bits per heavy atom. The van der Waals surface area contributed by atoms with Crippen LogP contribution in [0.15, 0.2) is 140 Å². The van der Waals surface area contributed by atoms with Crippen LogP contribution in [-0.4, -0.2) is 11.4 Å². The van der Waals surface area contributed by atoms with Crippen molar-refractivity contribution < 1.29 is 0 Å². The molecule has 8 rings (SSSR count). The molecule has 0 N–H and O–H groups in total. The summed E-state index contributed by atoms with van der Waals surface area (Å²) in [5, 5.41) is 3.91. The van der Waals surface area contributed by atoms with Gasteiger partial charge >= 0.3 is 6.85 Å². The summed E-state index contributed by atoms with van der Waals surface area (Å²) in [6.07, 6.45) is 0. The van der Waals surface area contributed by atoms with Crippen LogP contribution in [0.4, 0.5) is 10.7 Å². The molecule has 0 atom stereocenters. The predicted molar refractivity (Wildman–Crippen MR) is 164 cm³/mol. The highest BCUT2D eigenvalue weighted by Gasteiger charge is 2.43. The maximum Gasteiger partial charge on any atom is 0.347 e. The number of anilines is 2. The van der Waals surface area contributed by atoms with Gasteiger partial charge in [0.05, 0.1) is 10.5 Å². The van der Waals surface area contributed by atoms with E-state index < -0.39 is 0 Å². The SMILES string of the molecule is c1ccc(B2c3c(c4ccccc4n3-c3ccccc3)-c3c(sc4ccccc34)N2c2ccccc2)cc1. The zero-order valence-corrected chi connectivity index (χ0v) is 21.5. The lowest BCUT2D eigenvalue weighted by Crippen LogP contribution is -2.59. The summed E-state index contributed by atoms with van der Waals surface area (Å²) in [6.45, 7) is 0.00164. The normalized spacial score (nSPS) is 12.6. The second-order valence-electron chi connectivity index (χ2n) is 9.75. The molecule has 2 aromatic heterocycles. The van der Waals surface area contributed by atoms with Gasteiger partial charge in [0.15, 0.2) is 0 Å². The highest BCUT2D eigenvalue weighted by atomic mass is 32.1. The number of rotatable bonds is 3. The van der Waals surface area contributed by atoms with Crippen LogP contribution in [0, 0.1) is 0 Å². The minimum Gasteiger partial charge on any atom is -0.367 e. The second-order valence-corrected chi connectivity index (χ2v) is 10.8. The summed E-state index contributed by atoms with van der Waals surface area (Å²) in [5.74, 6) is 0. The lowest BCUT2D eigenvalue weighted by atomic mass is 9.48. The minimum atomic E-state index is 0.00164. The molecule has 1 aliphatic rings. The summed E-state index contributed by atoms with van der Waals surface area (Å²) in [5.41, 5.74) is 8.89. The fraction of sp³-hybridized carbons (Fsp3) is 0. The van der Waals surface area contributed by atoms with Gasteiger partial charge in [-0.3, -0.25) is 0 Å². The van der Waals surface area contributed by atoms with Gasteiger partial charge in [0.2, 0.25) is 0 Å². The Hall–Kier alpha value is -4.54. The standard InChI is InChI=1S/C34H23BN2S/c1-4-14-24(15-5-1)35-33-31(27-20-10-12-22-29(27)36(33)25-16-6-2-7-17-25)32-28-21-11-13-23-30(28)38-34(32)37(35)26-18-8-3-9-19-26/h1-23H. The van der Waals surface area contributed by atoms with Crippen molar-refractivity contribution in [3.8, 4) is 16.8 Å². The van der Waals surface area contributed by atoms with Crippen molar-refractivity contribution in [2.75, 3.05) is 4.81 Å². The summed E-state index contributed by atoms with van der Waals surface area (Å²) in [7, 11) is 0. The molecule has 2 nitrogen and oxygen atoms in total. The van der Waals surface area contributed by atoms with E-state index in [0.717, 1.165) is 0 Å². The number of hydrogen-bond donors (Lipinski definition) is 0. The molecular weight excluding hydrogens is 479 g/mol. The highest BCUT2D eigenvalue weighted by Crippen LogP contribution is 2.51. The number of nitrogens with zero attached hydrogens (tertiary/aromatic N) is 2. The van der Waals surface area contributed by atoms with E-state index in [4.69, 9.17) is 0 Å². The highest BCUT2D eigenvalue weighted by molar-refractivity contribution is 7.25. The Morgan fingerprint density at radius 1 is 0.500 bits per heavy atom. The molecule has 0 spiro atoms. The molecule has 4 heteroatoms. The molecule has 5 aromatic carbocycles. The molecule has 3 heterocycles. The van der Waals surface area contributed by atoms with E-state index in [1.165, 1.54) is 59.5 Å². The molecule has 38 heavy (non-hydrogen) atoms. The monoisotopic (exact) mass is 502 g/mol. The number of aromatic nitrogens is 1. The van der Waals surface area contributed by atoms with Crippen LogP contribution in [0.2, 0.25) is 0 Å². The molecule has 0 bridgehead atoms. The Balaban J connectivity index is 1.60. The Bertz CT molecular complexity index is 1920. The Labute approximate surface area is 226 Å². The quantitative estimate of drug-likeness (QED) is 0.224. The first kappa shape index (κ1) is 21.5. The van der Waals surface area contributed by atoms with Crippen LogP contribution >= 0.6 is 11.3 Å². The van der Waals surface area contributed by atoms with Crippen molar-refractivity contribution in [1.82, 2.24) is 4.57 Å². The average molecular weight is 502 g/mol. The molecule has 0 radical (unpaired) electrons. The summed E-state index contributed by atoms with van der Waals surface area (Å²) in [4.78, 5) is 2.57. The van der Waals surface area contributed by atoms with Gasteiger partial charge in [-0.25, -0.2) is 0 Å². The van der Waals surface area contributed by atoms with Gasteiger partial charge in [-0.1, -0.05) is 103 Å². The fourth-order valence-corrected chi connectivity index (χ4v) is 7.38. The van der Waals surface area contributed by atoms with E-state index in [9.17, 15) is 0 Å². The zero-order chi connectivity index (χ0) is 25.1. The Kier molecular flexibility index (Phi) is 4.82. The van der Waals surface area contributed by atoms with E-state index in [0.29, 0.717) is 0 Å². The molecule has 0 fully saturated rings. The van der Waals surface area contributed by atoms with E-state index in [1.807, 2.05) is 11.3 Å². The lowest BCUT2D eigenvalue weighted by molar-refractivity contribution is 1.16. The first-order valence-corrected chi connectivity index (χ1v) is 13.8. The van der Waals surface area contributed by atoms with Gasteiger partial charge in [0, 0.05) is 43.6 Å². The maximum absolute atomic E-state index is 2.57. The lowest BCUT2D eigenvalue weighted by Gasteiger charge is -2.36. The van der Waals surface area contributed by atoms with Gasteiger partial charge in [0.1, 0.15) is 0 Å². The summed E-state index contributed by atoms with van der Waals surface area (Å²) >= 11 is 1.89. The second kappa shape index (κ2) is 8.51. The molecular formula is C34H23BN2S. The maximum atomic E-state index is 2.57. The third-order valence-corrected chi connectivity index (χ3v) is 8.81. The van der Waals surface area contributed by atoms with Crippen LogP contribution < -0.4 is 15.9 Å². The van der Waals surface area contributed by atoms with Crippen LogP contribution in [0.3, 0.4) is 0 Å². The van der Waals surface area contributed by atoms with Crippen LogP contribution in [-0.2, 0) is 0 Å². The zero-order valence-electron chi connectivity index (χ0n) is 20.7. The van der Waals surface area contributed by atoms with Crippen molar-refractivity contribution in [1.29, 1.82) is 0 Å². The fourth-order valence-electron chi connectivity index (χ4n) is 6.12. The van der Waals surface area contributed by atoms with Gasteiger partial charge in [-0.05, 0) is 41.9 Å². The molecule has 1 aliphatic heterocycles. The molecule has 7 aromatic rings. The predicted octanol–water partition coefficient (Wildman–Crippen LogP) is 7.77. The number of para-hydroxylation sites is 3. The number of benzene rings is 5. The third-order valence-electron chi connectivity index (χ3n) is 7.64. The molecule has 0 unspecified atom stereocenters. The third kappa shape index (κ3) is 3.07. The van der Waals surface area contributed by atoms with Crippen molar-refractivity contribution in [3.63, 3.8) is 0 Å². The van der Waals surface area contributed by atoms with E-state index in [-0.39, 0.29) is 6.85 Å². The van der Waals surface area contributed by atoms with Crippen molar-refractivity contribution >= 4 is 60.9 Å². The smallest absolute Gasteiger partial charge is 0.347 e. The van der Waals surface area contributed by atoms with E-state index in [1.54, 1.807) is 0 Å². The van der Waals surface area contributed by atoms with Crippen molar-refractivity contribution in [2.24, 2.45) is 0 Å². The van der Waals surface area contributed by atoms with Gasteiger partial charge in [-0.2, -0.15) is 0 Å². The molecule has 178 valence electrons. The first-order chi connectivity index (χ1) is 18.9. The van der Waals surface area contributed by atoms with Crippen LogP contribution in [0.25, 0.3) is 37.8 Å². The van der Waals surface area contributed by atoms with Gasteiger partial charge < -0.3 is 9.38 Å². The minimum absolute atomic E-state index is 0.00164. The molecule has 0 saturated heterocycles. The number of thiophene rings is 1. The number of fused-ring (bicyclic) bond motifs is 7. The van der Waals surface area contributed by atoms with E-state index >= 15 is 0 Å². The molecule has 0 amide bonds. The van der Waals surface area contributed by atoms with Crippen LogP contribution in [0.5, 0.6) is 0 Å². The largest absolute Gasteiger partial charge is 0.367 e. The Morgan fingerprint density at radius 2 is 1.08 bits per heavy atom. The van der Waals surface area contributed by atoms with Crippen LogP contribution in [0.1, 0.15) is 0 Å². The molecule has 0 aliphatic carbocycles. The number of hydrogen-bond acceptors (Lipinski definition) is 2. The first-order valence-electron chi connectivity index (χ1n) is 13.0. The average Bonchev–Trinajstić information content (AvgIpc) is 3.54. The topological polar surface area (TPSA) is 8.17 Å². The summed E-state index contributed by atoms with van der Waals surface area (Å²) in [6, 6.07) is 50.4.